The van der Waals surface area contributed by atoms with Crippen LogP contribution in [0.1, 0.15) is 43.4 Å². The summed E-state index contributed by atoms with van der Waals surface area (Å²) in [6.45, 7) is 9.93. The van der Waals surface area contributed by atoms with Gasteiger partial charge in [0, 0.05) is 0 Å². The van der Waals surface area contributed by atoms with Gasteiger partial charge in [-0.15, -0.1) is 0 Å². The fourth-order valence-corrected chi connectivity index (χ4v) is 2.20. The van der Waals surface area contributed by atoms with E-state index in [9.17, 15) is 0 Å². The summed E-state index contributed by atoms with van der Waals surface area (Å²) < 4.78 is 11.5. The minimum atomic E-state index is 0.159. The van der Waals surface area contributed by atoms with E-state index in [2.05, 4.69) is 45.1 Å². The average molecular weight is 287 g/mol. The van der Waals surface area contributed by atoms with Crippen LogP contribution in [0.15, 0.2) is 34.7 Å². The molecule has 0 radical (unpaired) electrons. The molecule has 0 atom stereocenters. The van der Waals surface area contributed by atoms with Crippen LogP contribution in [0.3, 0.4) is 0 Å². The lowest BCUT2D eigenvalue weighted by Gasteiger charge is -2.20. The lowest BCUT2D eigenvalue weighted by atomic mass is 9.86. The standard InChI is InChI=1S/C18H25NO2/c1-13-10-14(18(2,3)4)6-9-17(13)20-12-16-8-7-15(21-16)11-19-5/h6-10,19H,11-12H2,1-5H3. The van der Waals surface area contributed by atoms with Gasteiger partial charge in [0.1, 0.15) is 23.9 Å². The first-order chi connectivity index (χ1) is 9.90. The monoisotopic (exact) mass is 287 g/mol. The van der Waals surface area contributed by atoms with Gasteiger partial charge in [-0.05, 0) is 48.7 Å². The normalized spacial score (nSPS) is 11.7. The van der Waals surface area contributed by atoms with Crippen molar-refractivity contribution < 1.29 is 9.15 Å². The summed E-state index contributed by atoms with van der Waals surface area (Å²) in [5.74, 6) is 2.69. The molecular weight excluding hydrogens is 262 g/mol. The van der Waals surface area contributed by atoms with Gasteiger partial charge in [-0.25, -0.2) is 0 Å². The number of nitrogens with one attached hydrogen (secondary N) is 1. The van der Waals surface area contributed by atoms with E-state index in [1.807, 2.05) is 25.2 Å². The Morgan fingerprint density at radius 3 is 2.43 bits per heavy atom. The number of rotatable bonds is 5. The third-order valence-corrected chi connectivity index (χ3v) is 3.48. The van der Waals surface area contributed by atoms with E-state index < -0.39 is 0 Å². The maximum absolute atomic E-state index is 5.87. The molecule has 21 heavy (non-hydrogen) atoms. The zero-order valence-electron chi connectivity index (χ0n) is 13.6. The molecule has 2 rings (SSSR count). The highest BCUT2D eigenvalue weighted by atomic mass is 16.5. The molecule has 0 aliphatic rings. The van der Waals surface area contributed by atoms with E-state index >= 15 is 0 Å². The van der Waals surface area contributed by atoms with E-state index in [1.54, 1.807) is 0 Å². The van der Waals surface area contributed by atoms with Crippen LogP contribution >= 0.6 is 0 Å². The third kappa shape index (κ3) is 4.11. The topological polar surface area (TPSA) is 34.4 Å². The van der Waals surface area contributed by atoms with Crippen molar-refractivity contribution in [1.29, 1.82) is 0 Å². The minimum absolute atomic E-state index is 0.159. The summed E-state index contributed by atoms with van der Waals surface area (Å²) in [5.41, 5.74) is 2.64. The van der Waals surface area contributed by atoms with E-state index in [1.165, 1.54) is 5.56 Å². The van der Waals surface area contributed by atoms with Gasteiger partial charge >= 0.3 is 0 Å². The molecule has 114 valence electrons. The molecule has 2 aromatic rings. The van der Waals surface area contributed by atoms with Crippen LogP contribution in [-0.2, 0) is 18.6 Å². The van der Waals surface area contributed by atoms with Crippen molar-refractivity contribution in [3.63, 3.8) is 0 Å². The Morgan fingerprint density at radius 2 is 1.81 bits per heavy atom. The van der Waals surface area contributed by atoms with Gasteiger partial charge in [-0.2, -0.15) is 0 Å². The van der Waals surface area contributed by atoms with Gasteiger partial charge < -0.3 is 14.5 Å². The van der Waals surface area contributed by atoms with Crippen molar-refractivity contribution in [3.8, 4) is 5.75 Å². The summed E-state index contributed by atoms with van der Waals surface area (Å²) in [7, 11) is 1.90. The second kappa shape index (κ2) is 6.35. The number of hydrogen-bond acceptors (Lipinski definition) is 3. The highest BCUT2D eigenvalue weighted by Gasteiger charge is 2.14. The Kier molecular flexibility index (Phi) is 4.73. The second-order valence-electron chi connectivity index (χ2n) is 6.42. The molecular formula is C18H25NO2. The summed E-state index contributed by atoms with van der Waals surface area (Å²) in [4.78, 5) is 0. The first-order valence-corrected chi connectivity index (χ1v) is 7.36. The van der Waals surface area contributed by atoms with Gasteiger partial charge in [-0.1, -0.05) is 32.9 Å². The Morgan fingerprint density at radius 1 is 1.10 bits per heavy atom. The van der Waals surface area contributed by atoms with E-state index in [0.717, 1.165) is 29.4 Å². The van der Waals surface area contributed by atoms with Crippen molar-refractivity contribution in [2.75, 3.05) is 7.05 Å². The van der Waals surface area contributed by atoms with Crippen LogP contribution in [0, 0.1) is 6.92 Å². The molecule has 1 aromatic carbocycles. The minimum Gasteiger partial charge on any atom is -0.485 e. The molecule has 1 N–H and O–H groups in total. The summed E-state index contributed by atoms with van der Waals surface area (Å²) >= 11 is 0. The lowest BCUT2D eigenvalue weighted by molar-refractivity contribution is 0.263. The molecule has 3 heteroatoms. The Hall–Kier alpha value is -1.74. The molecule has 0 bridgehead atoms. The number of furan rings is 1. The molecule has 0 amide bonds. The van der Waals surface area contributed by atoms with Gasteiger partial charge in [-0.3, -0.25) is 0 Å². The maximum Gasteiger partial charge on any atom is 0.146 e. The van der Waals surface area contributed by atoms with Crippen LogP contribution in [0.25, 0.3) is 0 Å². The van der Waals surface area contributed by atoms with Crippen LogP contribution in [0.2, 0.25) is 0 Å². The smallest absolute Gasteiger partial charge is 0.146 e. The Labute approximate surface area is 127 Å². The molecule has 0 spiro atoms. The predicted octanol–water partition coefficient (Wildman–Crippen LogP) is 4.18. The maximum atomic E-state index is 5.87. The van der Waals surface area contributed by atoms with Crippen molar-refractivity contribution >= 4 is 0 Å². The van der Waals surface area contributed by atoms with Crippen LogP contribution in [0.5, 0.6) is 5.75 Å². The molecule has 0 aliphatic heterocycles. The second-order valence-corrected chi connectivity index (χ2v) is 6.42. The fraction of sp³-hybridized carbons (Fsp3) is 0.444. The molecule has 0 fully saturated rings. The number of hydrogen-bond donors (Lipinski definition) is 1. The number of benzene rings is 1. The zero-order valence-corrected chi connectivity index (χ0v) is 13.6. The van der Waals surface area contributed by atoms with Crippen LogP contribution < -0.4 is 10.1 Å². The van der Waals surface area contributed by atoms with Crippen molar-refractivity contribution in [2.45, 2.75) is 46.3 Å². The summed E-state index contributed by atoms with van der Waals surface area (Å²) in [6.07, 6.45) is 0. The Balaban J connectivity index is 2.02. The molecule has 0 unspecified atom stereocenters. The van der Waals surface area contributed by atoms with Crippen molar-refractivity contribution in [2.24, 2.45) is 0 Å². The van der Waals surface area contributed by atoms with Gasteiger partial charge in [0.15, 0.2) is 0 Å². The summed E-state index contributed by atoms with van der Waals surface area (Å²) in [6, 6.07) is 10.3. The van der Waals surface area contributed by atoms with Gasteiger partial charge in [0.25, 0.3) is 0 Å². The first kappa shape index (κ1) is 15.6. The van der Waals surface area contributed by atoms with E-state index in [4.69, 9.17) is 9.15 Å². The molecule has 0 saturated heterocycles. The lowest BCUT2D eigenvalue weighted by Crippen LogP contribution is -2.11. The highest BCUT2D eigenvalue weighted by molar-refractivity contribution is 5.38. The number of aryl methyl sites for hydroxylation is 1. The SMILES string of the molecule is CNCc1ccc(COc2ccc(C(C)(C)C)cc2C)o1. The van der Waals surface area contributed by atoms with Crippen molar-refractivity contribution in [3.05, 3.63) is 53.0 Å². The van der Waals surface area contributed by atoms with E-state index in [0.29, 0.717) is 6.61 Å². The van der Waals surface area contributed by atoms with Gasteiger partial charge in [0.05, 0.1) is 6.54 Å². The summed E-state index contributed by atoms with van der Waals surface area (Å²) in [5, 5.41) is 3.07. The van der Waals surface area contributed by atoms with Crippen LogP contribution in [-0.4, -0.2) is 7.05 Å². The van der Waals surface area contributed by atoms with Crippen LogP contribution in [0.4, 0.5) is 0 Å². The molecule has 1 aromatic heterocycles. The highest BCUT2D eigenvalue weighted by Crippen LogP contribution is 2.28. The van der Waals surface area contributed by atoms with Crippen molar-refractivity contribution in [1.82, 2.24) is 5.32 Å². The first-order valence-electron chi connectivity index (χ1n) is 7.36. The van der Waals surface area contributed by atoms with E-state index in [-0.39, 0.29) is 5.41 Å². The molecule has 0 aliphatic carbocycles. The zero-order chi connectivity index (χ0) is 15.5. The average Bonchev–Trinajstić information content (AvgIpc) is 2.84. The predicted molar refractivity (Wildman–Crippen MR) is 85.7 cm³/mol. The quantitative estimate of drug-likeness (QED) is 0.895. The molecule has 3 nitrogen and oxygen atoms in total. The van der Waals surface area contributed by atoms with Gasteiger partial charge in [0.2, 0.25) is 0 Å². The molecule has 1 heterocycles. The Bertz CT molecular complexity index is 594. The molecule has 0 saturated carbocycles. The number of ether oxygens (including phenoxy) is 1. The largest absolute Gasteiger partial charge is 0.485 e. The third-order valence-electron chi connectivity index (χ3n) is 3.48. The fourth-order valence-electron chi connectivity index (χ4n) is 2.20.